The zero-order valence-corrected chi connectivity index (χ0v) is 18.3. The van der Waals surface area contributed by atoms with Crippen molar-refractivity contribution in [2.24, 2.45) is 5.73 Å². The number of carbonyl (C=O) groups is 1. The normalized spacial score (nSPS) is 15.3. The molecule has 1 aliphatic rings. The molecule has 0 saturated carbocycles. The lowest BCUT2D eigenvalue weighted by molar-refractivity contribution is 0.00843. The minimum Gasteiger partial charge on any atom is -0.378 e. The van der Waals surface area contributed by atoms with E-state index in [9.17, 15) is 4.79 Å². The first-order valence-corrected chi connectivity index (χ1v) is 10.8. The summed E-state index contributed by atoms with van der Waals surface area (Å²) in [5.74, 6) is 0.602. The molecule has 29 heavy (non-hydrogen) atoms. The maximum Gasteiger partial charge on any atom is 0.255 e. The Labute approximate surface area is 174 Å². The highest BCUT2D eigenvalue weighted by molar-refractivity contribution is 5.96. The summed E-state index contributed by atoms with van der Waals surface area (Å²) in [5.41, 5.74) is 10.9. The van der Waals surface area contributed by atoms with Crippen LogP contribution >= 0.6 is 0 Å². The van der Waals surface area contributed by atoms with Crippen molar-refractivity contribution in [3.8, 4) is 5.69 Å². The van der Waals surface area contributed by atoms with Crippen LogP contribution in [0.1, 0.15) is 66.3 Å². The van der Waals surface area contributed by atoms with E-state index < -0.39 is 0 Å². The summed E-state index contributed by atoms with van der Waals surface area (Å²) in [6, 6.07) is 10.6. The summed E-state index contributed by atoms with van der Waals surface area (Å²) >= 11 is 0. The first kappa shape index (κ1) is 21.6. The van der Waals surface area contributed by atoms with Crippen LogP contribution in [0.25, 0.3) is 5.69 Å². The van der Waals surface area contributed by atoms with Crippen LogP contribution < -0.4 is 5.73 Å². The summed E-state index contributed by atoms with van der Waals surface area (Å²) in [5, 5.41) is 0. The third-order valence-electron chi connectivity index (χ3n) is 5.89. The van der Waals surface area contributed by atoms with Crippen LogP contribution in [-0.2, 0) is 4.74 Å². The fourth-order valence-corrected chi connectivity index (χ4v) is 4.13. The molecular formula is C24H35N3O2. The van der Waals surface area contributed by atoms with Gasteiger partial charge in [0.2, 0.25) is 0 Å². The van der Waals surface area contributed by atoms with E-state index in [2.05, 4.69) is 49.6 Å². The highest BCUT2D eigenvalue weighted by Crippen LogP contribution is 2.26. The van der Waals surface area contributed by atoms with Crippen LogP contribution in [0.4, 0.5) is 0 Å². The lowest BCUT2D eigenvalue weighted by atomic mass is 10.0. The molecule has 158 valence electrons. The van der Waals surface area contributed by atoms with Crippen molar-refractivity contribution in [2.45, 2.75) is 59.0 Å². The number of nitrogens with zero attached hydrogens (tertiary/aromatic N) is 2. The second kappa shape index (κ2) is 9.59. The largest absolute Gasteiger partial charge is 0.378 e. The number of aryl methyl sites for hydroxylation is 1. The van der Waals surface area contributed by atoms with Crippen LogP contribution in [0.2, 0.25) is 0 Å². The maximum absolute atomic E-state index is 13.2. The molecule has 0 unspecified atom stereocenters. The van der Waals surface area contributed by atoms with E-state index in [1.807, 2.05) is 17.9 Å². The number of nitrogens with two attached hydrogens (primary N) is 1. The van der Waals surface area contributed by atoms with Crippen LogP contribution in [-0.4, -0.2) is 47.7 Å². The van der Waals surface area contributed by atoms with Gasteiger partial charge in [-0.3, -0.25) is 4.79 Å². The molecule has 1 fully saturated rings. The number of likely N-dealkylation sites (tertiary alicyclic amines) is 1. The summed E-state index contributed by atoms with van der Waals surface area (Å²) < 4.78 is 8.07. The lowest BCUT2D eigenvalue weighted by Crippen LogP contribution is -2.41. The summed E-state index contributed by atoms with van der Waals surface area (Å²) in [7, 11) is 0. The Morgan fingerprint density at radius 3 is 2.59 bits per heavy atom. The van der Waals surface area contributed by atoms with E-state index in [0.29, 0.717) is 19.1 Å². The fourth-order valence-electron chi connectivity index (χ4n) is 4.13. The van der Waals surface area contributed by atoms with Gasteiger partial charge in [0, 0.05) is 36.8 Å². The van der Waals surface area contributed by atoms with Crippen LogP contribution in [0.15, 0.2) is 30.3 Å². The number of ether oxygens (including phenoxy) is 1. The molecule has 1 aliphatic heterocycles. The molecular weight excluding hydrogens is 362 g/mol. The number of carbonyl (C=O) groups excluding carboxylic acids is 1. The molecule has 3 rings (SSSR count). The second-order valence-corrected chi connectivity index (χ2v) is 8.37. The Kier molecular flexibility index (Phi) is 7.14. The number of benzene rings is 1. The summed E-state index contributed by atoms with van der Waals surface area (Å²) in [6.07, 6.45) is 2.93. The average molecular weight is 398 g/mol. The molecule has 2 aromatic rings. The average Bonchev–Trinajstić information content (AvgIpc) is 3.02. The number of amides is 1. The number of rotatable bonds is 7. The molecule has 0 bridgehead atoms. The monoisotopic (exact) mass is 397 g/mol. The van der Waals surface area contributed by atoms with Gasteiger partial charge in [0.25, 0.3) is 5.91 Å². The molecule has 1 amide bonds. The Morgan fingerprint density at radius 1 is 1.21 bits per heavy atom. The minimum absolute atomic E-state index is 0.129. The third-order valence-corrected chi connectivity index (χ3v) is 5.89. The molecule has 0 spiro atoms. The molecule has 0 aliphatic carbocycles. The molecule has 1 saturated heterocycles. The van der Waals surface area contributed by atoms with E-state index in [0.717, 1.165) is 55.0 Å². The van der Waals surface area contributed by atoms with E-state index in [-0.39, 0.29) is 12.0 Å². The number of hydrogen-bond acceptors (Lipinski definition) is 3. The van der Waals surface area contributed by atoms with Crippen LogP contribution in [0, 0.1) is 13.8 Å². The summed E-state index contributed by atoms with van der Waals surface area (Å²) in [6.45, 7) is 11.4. The Bertz CT molecular complexity index is 833. The standard InChI is InChI=1S/C24H35N3O2/c1-17(2)20-7-5-8-21(16-20)27-18(3)15-23(19(27)4)24(28)26-12-9-22(10-13-26)29-14-6-11-25/h5,7-8,15-17,22H,6,9-14,25H2,1-4H3. The van der Waals surface area contributed by atoms with E-state index in [1.54, 1.807) is 0 Å². The van der Waals surface area contributed by atoms with Gasteiger partial charge in [-0.1, -0.05) is 26.0 Å². The first-order valence-electron chi connectivity index (χ1n) is 10.8. The number of piperidine rings is 1. The van der Waals surface area contributed by atoms with Gasteiger partial charge in [0.05, 0.1) is 11.7 Å². The van der Waals surface area contributed by atoms with E-state index in [4.69, 9.17) is 10.5 Å². The first-order chi connectivity index (χ1) is 13.9. The Morgan fingerprint density at radius 2 is 1.93 bits per heavy atom. The molecule has 0 radical (unpaired) electrons. The molecule has 0 atom stereocenters. The van der Waals surface area contributed by atoms with Gasteiger partial charge in [-0.15, -0.1) is 0 Å². The van der Waals surface area contributed by atoms with Crippen molar-refractivity contribution in [1.82, 2.24) is 9.47 Å². The highest BCUT2D eigenvalue weighted by Gasteiger charge is 2.26. The minimum atomic E-state index is 0.129. The van der Waals surface area contributed by atoms with Crippen LogP contribution in [0.5, 0.6) is 0 Å². The predicted octanol–water partition coefficient (Wildman–Crippen LogP) is 4.19. The zero-order valence-electron chi connectivity index (χ0n) is 18.3. The summed E-state index contributed by atoms with van der Waals surface area (Å²) in [4.78, 5) is 15.2. The van der Waals surface area contributed by atoms with Gasteiger partial charge in [-0.2, -0.15) is 0 Å². The lowest BCUT2D eigenvalue weighted by Gasteiger charge is -2.32. The van der Waals surface area contributed by atoms with Crippen molar-refractivity contribution in [2.75, 3.05) is 26.2 Å². The second-order valence-electron chi connectivity index (χ2n) is 8.37. The molecule has 5 nitrogen and oxygen atoms in total. The molecule has 2 N–H and O–H groups in total. The zero-order chi connectivity index (χ0) is 21.0. The number of hydrogen-bond donors (Lipinski definition) is 1. The van der Waals surface area contributed by atoms with Gasteiger partial charge in [-0.05, 0) is 69.3 Å². The Balaban J connectivity index is 1.73. The molecule has 1 aromatic carbocycles. The Hall–Kier alpha value is -2.11. The van der Waals surface area contributed by atoms with Crippen molar-refractivity contribution in [3.05, 3.63) is 52.8 Å². The van der Waals surface area contributed by atoms with Crippen molar-refractivity contribution in [3.63, 3.8) is 0 Å². The highest BCUT2D eigenvalue weighted by atomic mass is 16.5. The van der Waals surface area contributed by atoms with Crippen molar-refractivity contribution in [1.29, 1.82) is 0 Å². The van der Waals surface area contributed by atoms with E-state index >= 15 is 0 Å². The molecule has 1 aromatic heterocycles. The fraction of sp³-hybridized carbons (Fsp3) is 0.542. The van der Waals surface area contributed by atoms with Gasteiger partial charge in [0.1, 0.15) is 0 Å². The topological polar surface area (TPSA) is 60.5 Å². The van der Waals surface area contributed by atoms with Crippen LogP contribution in [0.3, 0.4) is 0 Å². The quantitative estimate of drug-likeness (QED) is 0.713. The molecule has 5 heteroatoms. The van der Waals surface area contributed by atoms with E-state index in [1.165, 1.54) is 5.56 Å². The maximum atomic E-state index is 13.2. The number of aromatic nitrogens is 1. The molecule has 2 heterocycles. The van der Waals surface area contributed by atoms with Gasteiger partial charge < -0.3 is 19.9 Å². The van der Waals surface area contributed by atoms with Gasteiger partial charge in [-0.25, -0.2) is 0 Å². The van der Waals surface area contributed by atoms with Gasteiger partial charge >= 0.3 is 0 Å². The third kappa shape index (κ3) is 4.90. The van der Waals surface area contributed by atoms with Crippen molar-refractivity contribution < 1.29 is 9.53 Å². The predicted molar refractivity (Wildman–Crippen MR) is 118 cm³/mol. The van der Waals surface area contributed by atoms with Gasteiger partial charge in [0.15, 0.2) is 0 Å². The smallest absolute Gasteiger partial charge is 0.255 e. The van der Waals surface area contributed by atoms with Crippen molar-refractivity contribution >= 4 is 5.91 Å². The SMILES string of the molecule is Cc1cc(C(=O)N2CCC(OCCCN)CC2)c(C)n1-c1cccc(C(C)C)c1.